The Morgan fingerprint density at radius 1 is 0.959 bits per heavy atom. The summed E-state index contributed by atoms with van der Waals surface area (Å²) in [4.78, 5) is 64.3. The van der Waals surface area contributed by atoms with Gasteiger partial charge in [-0.1, -0.05) is 58.4 Å². The van der Waals surface area contributed by atoms with E-state index in [0.29, 0.717) is 50.0 Å². The molecule has 13 heteroatoms. The first-order valence-corrected chi connectivity index (χ1v) is 18.2. The number of rotatable bonds is 8. The van der Waals surface area contributed by atoms with E-state index in [9.17, 15) is 24.3 Å². The Bertz CT molecular complexity index is 1450. The number of benzene rings is 1. The molecule has 266 valence electrons. The van der Waals surface area contributed by atoms with E-state index in [-0.39, 0.29) is 43.8 Å². The quantitative estimate of drug-likeness (QED) is 0.243. The Hall–Kier alpha value is -3.10. The molecule has 5 bridgehead atoms. The predicted molar refractivity (Wildman–Crippen MR) is 183 cm³/mol. The first-order valence-electron chi connectivity index (χ1n) is 17.4. The molecule has 7 atom stereocenters. The third-order valence-electron chi connectivity index (χ3n) is 10.7. The van der Waals surface area contributed by atoms with Crippen LogP contribution in [0.4, 0.5) is 0 Å². The molecule has 0 aliphatic carbocycles. The maximum Gasteiger partial charge on any atom is 0.313 e. The number of likely N-dealkylation sites (tertiary alicyclic amines) is 1. The molecule has 5 aliphatic rings. The van der Waals surface area contributed by atoms with Gasteiger partial charge in [0.2, 0.25) is 17.7 Å². The van der Waals surface area contributed by atoms with Gasteiger partial charge < -0.3 is 34.0 Å². The number of cyclic esters (lactones) is 1. The van der Waals surface area contributed by atoms with Crippen molar-refractivity contribution in [1.29, 1.82) is 0 Å². The Labute approximate surface area is 296 Å². The third-order valence-corrected chi connectivity index (χ3v) is 11.4. The largest absolute Gasteiger partial charge is 0.455 e. The SMILES string of the molecule is C[C@H]1[C@H](c2ccccc2)OC(=O)[C@H]2[C@@H]3O[C@@]4(C=C3Br)[C@@H]2C(=O)N(CCCCO)[C@@H]4C(=O)N(CCN2CCOCC2)C/C=C\CCC(=O)N1C. The highest BCUT2D eigenvalue weighted by Crippen LogP contribution is 2.59. The van der Waals surface area contributed by atoms with Crippen molar-refractivity contribution < 1.29 is 38.5 Å². The molecule has 3 amide bonds. The average Bonchev–Trinajstić information content (AvgIpc) is 3.70. The minimum atomic E-state index is -1.38. The van der Waals surface area contributed by atoms with Crippen LogP contribution in [-0.2, 0) is 33.4 Å². The summed E-state index contributed by atoms with van der Waals surface area (Å²) in [6, 6.07) is 7.77. The lowest BCUT2D eigenvalue weighted by atomic mass is 9.74. The van der Waals surface area contributed by atoms with E-state index >= 15 is 0 Å². The fraction of sp³-hybridized carbons (Fsp3) is 0.611. The van der Waals surface area contributed by atoms with Crippen LogP contribution in [0.15, 0.2) is 53.0 Å². The first kappa shape index (κ1) is 35.7. The van der Waals surface area contributed by atoms with Crippen molar-refractivity contribution in [3.05, 3.63) is 58.6 Å². The number of nitrogens with zero attached hydrogens (tertiary/aromatic N) is 4. The Morgan fingerprint density at radius 2 is 1.71 bits per heavy atom. The number of carbonyl (C=O) groups excluding carboxylic acids is 4. The lowest BCUT2D eigenvalue weighted by Crippen LogP contribution is -2.57. The van der Waals surface area contributed by atoms with Gasteiger partial charge in [0.1, 0.15) is 29.8 Å². The van der Waals surface area contributed by atoms with E-state index < -0.39 is 47.7 Å². The second-order valence-electron chi connectivity index (χ2n) is 13.6. The van der Waals surface area contributed by atoms with E-state index in [2.05, 4.69) is 20.8 Å². The molecular weight excluding hydrogens is 696 g/mol. The van der Waals surface area contributed by atoms with Crippen LogP contribution in [0.3, 0.4) is 0 Å². The number of halogens is 1. The monoisotopic (exact) mass is 742 g/mol. The zero-order valence-electron chi connectivity index (χ0n) is 28.2. The molecule has 12 nitrogen and oxygen atoms in total. The summed E-state index contributed by atoms with van der Waals surface area (Å²) in [5.41, 5.74) is -0.655. The van der Waals surface area contributed by atoms with Crippen LogP contribution in [-0.4, -0.2) is 138 Å². The second kappa shape index (κ2) is 15.4. The van der Waals surface area contributed by atoms with Gasteiger partial charge in [-0.25, -0.2) is 0 Å². The maximum absolute atomic E-state index is 14.9. The highest BCUT2D eigenvalue weighted by atomic mass is 79.9. The second-order valence-corrected chi connectivity index (χ2v) is 14.5. The standard InChI is InChI=1S/C36H47BrN4O8/c1-24-30(25-11-5-3-6-12-25)48-35(46)28-29-33(44)41(15-9-10-20-42)32(36(29)23-26(37)31(28)49-36)34(45)40(17-16-39-18-21-47-22-19-39)14-8-4-7-13-27(43)38(24)2/h3-6,8,11-12,23-24,28-32,42H,7,9-10,13-22H2,1-2H3/b8-4-/t24-,28+,29-,30+,31+,32+,36-/m0/s1. The molecule has 5 heterocycles. The molecule has 49 heavy (non-hydrogen) atoms. The van der Waals surface area contributed by atoms with Gasteiger partial charge in [-0.2, -0.15) is 0 Å². The van der Waals surface area contributed by atoms with Crippen LogP contribution in [0, 0.1) is 11.8 Å². The smallest absolute Gasteiger partial charge is 0.313 e. The van der Waals surface area contributed by atoms with Crippen LogP contribution in [0.2, 0.25) is 0 Å². The first-order chi connectivity index (χ1) is 23.7. The molecule has 6 rings (SSSR count). The van der Waals surface area contributed by atoms with Gasteiger partial charge in [-0.05, 0) is 37.8 Å². The van der Waals surface area contributed by atoms with Crippen LogP contribution < -0.4 is 0 Å². The molecular formula is C36H47BrN4O8. The van der Waals surface area contributed by atoms with Crippen molar-refractivity contribution in [3.8, 4) is 0 Å². The fourth-order valence-corrected chi connectivity index (χ4v) is 8.61. The van der Waals surface area contributed by atoms with Gasteiger partial charge in [0.15, 0.2) is 0 Å². The number of aliphatic hydroxyl groups excluding tert-OH is 1. The number of amides is 3. The number of esters is 1. The van der Waals surface area contributed by atoms with E-state index in [1.165, 1.54) is 0 Å². The summed E-state index contributed by atoms with van der Waals surface area (Å²) in [7, 11) is 1.71. The zero-order chi connectivity index (χ0) is 34.7. The molecule has 0 radical (unpaired) electrons. The summed E-state index contributed by atoms with van der Waals surface area (Å²) in [6.45, 7) is 6.17. The summed E-state index contributed by atoms with van der Waals surface area (Å²) in [5, 5.41) is 9.56. The van der Waals surface area contributed by atoms with E-state index in [0.717, 1.165) is 18.7 Å². The summed E-state index contributed by atoms with van der Waals surface area (Å²) < 4.78 is 19.1. The molecule has 3 fully saturated rings. The molecule has 0 aromatic heterocycles. The van der Waals surface area contributed by atoms with E-state index in [1.807, 2.05) is 55.5 Å². The minimum Gasteiger partial charge on any atom is -0.455 e. The number of carbonyl (C=O) groups is 4. The van der Waals surface area contributed by atoms with Crippen LogP contribution in [0.25, 0.3) is 0 Å². The van der Waals surface area contributed by atoms with E-state index in [4.69, 9.17) is 14.2 Å². The predicted octanol–water partition coefficient (Wildman–Crippen LogP) is 2.27. The van der Waals surface area contributed by atoms with Crippen molar-refractivity contribution >= 4 is 39.6 Å². The molecule has 3 saturated heterocycles. The van der Waals surface area contributed by atoms with Gasteiger partial charge in [-0.3, -0.25) is 24.1 Å². The summed E-state index contributed by atoms with van der Waals surface area (Å²) in [5.74, 6) is -3.30. The van der Waals surface area contributed by atoms with Gasteiger partial charge in [-0.15, -0.1) is 0 Å². The summed E-state index contributed by atoms with van der Waals surface area (Å²) in [6.07, 6.45) is 5.71. The Balaban J connectivity index is 1.40. The lowest BCUT2D eigenvalue weighted by Gasteiger charge is -2.37. The van der Waals surface area contributed by atoms with Crippen molar-refractivity contribution in [3.63, 3.8) is 0 Å². The molecule has 0 saturated carbocycles. The minimum absolute atomic E-state index is 0.0410. The van der Waals surface area contributed by atoms with Crippen molar-refractivity contribution in [1.82, 2.24) is 19.6 Å². The fourth-order valence-electron chi connectivity index (χ4n) is 7.88. The third kappa shape index (κ3) is 6.97. The molecule has 1 spiro atoms. The topological polar surface area (TPSA) is 129 Å². The van der Waals surface area contributed by atoms with Crippen LogP contribution >= 0.6 is 15.9 Å². The van der Waals surface area contributed by atoms with E-state index in [1.54, 1.807) is 21.7 Å². The van der Waals surface area contributed by atoms with Crippen molar-refractivity contribution in [2.45, 2.75) is 62.5 Å². The average molecular weight is 744 g/mol. The number of morpholine rings is 1. The highest BCUT2D eigenvalue weighted by Gasteiger charge is 2.75. The highest BCUT2D eigenvalue weighted by molar-refractivity contribution is 9.11. The normalized spacial score (nSPS) is 33.6. The molecule has 5 aliphatic heterocycles. The number of allylic oxidation sites excluding steroid dienone is 1. The number of hydrogen-bond donors (Lipinski definition) is 1. The van der Waals surface area contributed by atoms with Gasteiger partial charge >= 0.3 is 5.97 Å². The molecule has 1 N–H and O–H groups in total. The number of unbranched alkanes of at least 4 members (excludes halogenated alkanes) is 1. The molecule has 1 aromatic carbocycles. The number of likely N-dealkylation sites (N-methyl/N-ethyl adjacent to an activating group) is 1. The maximum atomic E-state index is 14.9. The van der Waals surface area contributed by atoms with Crippen LogP contribution in [0.5, 0.6) is 0 Å². The number of aliphatic hydroxyl groups is 1. The number of hydrogen-bond acceptors (Lipinski definition) is 9. The Kier molecular flexibility index (Phi) is 11.2. The Morgan fingerprint density at radius 3 is 2.45 bits per heavy atom. The lowest BCUT2D eigenvalue weighted by molar-refractivity contribution is -0.164. The summed E-state index contributed by atoms with van der Waals surface area (Å²) >= 11 is 3.63. The van der Waals surface area contributed by atoms with Crippen LogP contribution in [0.1, 0.15) is 44.3 Å². The van der Waals surface area contributed by atoms with Gasteiger partial charge in [0, 0.05) is 63.8 Å². The molecule has 0 unspecified atom stereocenters. The van der Waals surface area contributed by atoms with Crippen molar-refractivity contribution in [2.75, 3.05) is 66.1 Å². The zero-order valence-corrected chi connectivity index (χ0v) is 29.8. The number of fused-ring (bicyclic) bond motifs is 2. The van der Waals surface area contributed by atoms with Crippen molar-refractivity contribution in [2.24, 2.45) is 11.8 Å². The number of ether oxygens (including phenoxy) is 3. The van der Waals surface area contributed by atoms with Gasteiger partial charge in [0.05, 0.1) is 25.2 Å². The van der Waals surface area contributed by atoms with Gasteiger partial charge in [0.25, 0.3) is 0 Å². The molecule has 1 aromatic rings.